The first kappa shape index (κ1) is 8.40. The minimum atomic E-state index is -0.246. The fraction of sp³-hybridized carbons (Fsp3) is 0.571. The van der Waals surface area contributed by atoms with Crippen molar-refractivity contribution in [3.8, 4) is 0 Å². The zero-order valence-corrected chi connectivity index (χ0v) is 7.59. The van der Waals surface area contributed by atoms with Gasteiger partial charge in [0, 0.05) is 0 Å². The average molecular weight is 175 g/mol. The highest BCUT2D eigenvalue weighted by molar-refractivity contribution is 6.28. The summed E-state index contributed by atoms with van der Waals surface area (Å²) in [6, 6.07) is 0. The van der Waals surface area contributed by atoms with E-state index in [0.29, 0.717) is 5.28 Å². The summed E-state index contributed by atoms with van der Waals surface area (Å²) in [7, 11) is 0. The molecule has 0 aliphatic rings. The summed E-state index contributed by atoms with van der Waals surface area (Å²) in [5.41, 5.74) is -0.246. The Kier molecular flexibility index (Phi) is 2.09. The fourth-order valence-electron chi connectivity index (χ4n) is 0.637. The van der Waals surface area contributed by atoms with Gasteiger partial charge in [-0.15, -0.1) is 0 Å². The largest absolute Gasteiger partial charge is 0.406 e. The SMILES string of the molecule is CC(C)(C)On1ccnc1Cl. The molecule has 0 N–H and O–H groups in total. The summed E-state index contributed by atoms with van der Waals surface area (Å²) in [4.78, 5) is 9.20. The van der Waals surface area contributed by atoms with Crippen LogP contribution in [0.25, 0.3) is 0 Å². The first-order chi connectivity index (χ1) is 4.99. The van der Waals surface area contributed by atoms with Gasteiger partial charge in [0.2, 0.25) is 5.28 Å². The van der Waals surface area contributed by atoms with Crippen LogP contribution in [0.5, 0.6) is 0 Å². The molecule has 11 heavy (non-hydrogen) atoms. The maximum atomic E-state index is 5.67. The van der Waals surface area contributed by atoms with Crippen molar-refractivity contribution < 1.29 is 4.84 Å². The van der Waals surface area contributed by atoms with Gasteiger partial charge in [-0.3, -0.25) is 0 Å². The maximum Gasteiger partial charge on any atom is 0.236 e. The van der Waals surface area contributed by atoms with Crippen LogP contribution in [0.2, 0.25) is 5.28 Å². The average Bonchev–Trinajstić information content (AvgIpc) is 2.12. The lowest BCUT2D eigenvalue weighted by Gasteiger charge is -2.20. The van der Waals surface area contributed by atoms with Crippen LogP contribution in [-0.2, 0) is 0 Å². The van der Waals surface area contributed by atoms with Gasteiger partial charge in [0.05, 0.1) is 12.4 Å². The molecule has 0 unspecified atom stereocenters. The summed E-state index contributed by atoms with van der Waals surface area (Å²) in [5, 5.41) is 0.347. The second-order valence-electron chi connectivity index (χ2n) is 3.23. The van der Waals surface area contributed by atoms with Crippen molar-refractivity contribution in [2.45, 2.75) is 26.4 Å². The van der Waals surface area contributed by atoms with Crippen LogP contribution in [0.1, 0.15) is 20.8 Å². The van der Waals surface area contributed by atoms with E-state index in [9.17, 15) is 0 Å². The van der Waals surface area contributed by atoms with Gasteiger partial charge in [0.15, 0.2) is 0 Å². The van der Waals surface area contributed by atoms with Crippen molar-refractivity contribution in [3.63, 3.8) is 0 Å². The van der Waals surface area contributed by atoms with Crippen LogP contribution in [0.4, 0.5) is 0 Å². The standard InChI is InChI=1S/C7H11ClN2O/c1-7(2,3)11-10-5-4-9-6(10)8/h4-5H,1-3H3. The van der Waals surface area contributed by atoms with Crippen molar-refractivity contribution in [1.29, 1.82) is 0 Å². The highest BCUT2D eigenvalue weighted by atomic mass is 35.5. The lowest BCUT2D eigenvalue weighted by atomic mass is 10.2. The number of halogens is 1. The van der Waals surface area contributed by atoms with Gasteiger partial charge in [-0.05, 0) is 32.4 Å². The Hall–Kier alpha value is -0.700. The first-order valence-electron chi connectivity index (χ1n) is 3.37. The summed E-state index contributed by atoms with van der Waals surface area (Å²) >= 11 is 5.67. The van der Waals surface area contributed by atoms with Crippen LogP contribution in [0, 0.1) is 0 Å². The van der Waals surface area contributed by atoms with Crippen molar-refractivity contribution in [3.05, 3.63) is 17.7 Å². The number of imidazole rings is 1. The van der Waals surface area contributed by atoms with E-state index in [0.717, 1.165) is 0 Å². The maximum absolute atomic E-state index is 5.67. The first-order valence-corrected chi connectivity index (χ1v) is 3.75. The number of aromatic nitrogens is 2. The normalized spacial score (nSPS) is 11.6. The molecule has 0 radical (unpaired) electrons. The smallest absolute Gasteiger partial charge is 0.236 e. The monoisotopic (exact) mass is 174 g/mol. The summed E-state index contributed by atoms with van der Waals surface area (Å²) in [6.45, 7) is 5.84. The van der Waals surface area contributed by atoms with Crippen LogP contribution < -0.4 is 4.84 Å². The molecule has 3 nitrogen and oxygen atoms in total. The molecule has 0 saturated heterocycles. The van der Waals surface area contributed by atoms with E-state index >= 15 is 0 Å². The zero-order chi connectivity index (χ0) is 8.48. The highest BCUT2D eigenvalue weighted by Crippen LogP contribution is 2.08. The van der Waals surface area contributed by atoms with Crippen molar-refractivity contribution in [2.24, 2.45) is 0 Å². The molecule has 4 heteroatoms. The van der Waals surface area contributed by atoms with E-state index in [2.05, 4.69) is 4.98 Å². The van der Waals surface area contributed by atoms with E-state index in [1.165, 1.54) is 4.73 Å². The molecule has 0 fully saturated rings. The van der Waals surface area contributed by atoms with Gasteiger partial charge in [-0.25, -0.2) is 4.98 Å². The molecule has 0 atom stereocenters. The van der Waals surface area contributed by atoms with E-state index in [1.54, 1.807) is 12.4 Å². The Balaban J connectivity index is 2.72. The summed E-state index contributed by atoms with van der Waals surface area (Å²) < 4.78 is 1.45. The Morgan fingerprint density at radius 2 is 2.18 bits per heavy atom. The third-order valence-electron chi connectivity index (χ3n) is 0.937. The quantitative estimate of drug-likeness (QED) is 0.649. The lowest BCUT2D eigenvalue weighted by molar-refractivity contribution is -0.0148. The fourth-order valence-corrected chi connectivity index (χ4v) is 0.784. The van der Waals surface area contributed by atoms with Gasteiger partial charge >= 0.3 is 0 Å². The molecule has 0 spiro atoms. The third kappa shape index (κ3) is 2.42. The molecule has 1 aromatic heterocycles. The molecule has 1 rings (SSSR count). The molecule has 0 saturated carbocycles. The zero-order valence-electron chi connectivity index (χ0n) is 6.84. The molecule has 1 aromatic rings. The predicted octanol–water partition coefficient (Wildman–Crippen LogP) is 1.76. The second-order valence-corrected chi connectivity index (χ2v) is 3.56. The van der Waals surface area contributed by atoms with Crippen LogP contribution >= 0.6 is 11.6 Å². The summed E-state index contributed by atoms with van der Waals surface area (Å²) in [6.07, 6.45) is 3.27. The molecule has 1 heterocycles. The number of hydrogen-bond acceptors (Lipinski definition) is 2. The Bertz CT molecular complexity index is 239. The molecule has 0 amide bonds. The number of hydrogen-bond donors (Lipinski definition) is 0. The Morgan fingerprint density at radius 3 is 2.55 bits per heavy atom. The van der Waals surface area contributed by atoms with Crippen molar-refractivity contribution in [1.82, 2.24) is 9.71 Å². The summed E-state index contributed by atoms with van der Waals surface area (Å²) in [5.74, 6) is 0. The van der Waals surface area contributed by atoms with E-state index in [4.69, 9.17) is 16.4 Å². The van der Waals surface area contributed by atoms with Gasteiger partial charge in [0.1, 0.15) is 5.60 Å². The van der Waals surface area contributed by atoms with E-state index in [-0.39, 0.29) is 5.60 Å². The number of rotatable bonds is 1. The van der Waals surface area contributed by atoms with Crippen molar-refractivity contribution >= 4 is 11.6 Å². The molecule has 62 valence electrons. The van der Waals surface area contributed by atoms with E-state index in [1.807, 2.05) is 20.8 Å². The van der Waals surface area contributed by atoms with Crippen LogP contribution in [0.15, 0.2) is 12.4 Å². The Morgan fingerprint density at radius 1 is 1.55 bits per heavy atom. The van der Waals surface area contributed by atoms with Gasteiger partial charge in [-0.2, -0.15) is 4.73 Å². The molecule has 0 bridgehead atoms. The highest BCUT2D eigenvalue weighted by Gasteiger charge is 2.13. The minimum Gasteiger partial charge on any atom is -0.406 e. The van der Waals surface area contributed by atoms with Gasteiger partial charge < -0.3 is 4.84 Å². The molecular weight excluding hydrogens is 164 g/mol. The topological polar surface area (TPSA) is 27.1 Å². The van der Waals surface area contributed by atoms with Crippen molar-refractivity contribution in [2.75, 3.05) is 0 Å². The van der Waals surface area contributed by atoms with Gasteiger partial charge in [0.25, 0.3) is 0 Å². The Labute approximate surface area is 70.9 Å². The third-order valence-corrected chi connectivity index (χ3v) is 1.20. The van der Waals surface area contributed by atoms with Crippen LogP contribution in [-0.4, -0.2) is 15.3 Å². The minimum absolute atomic E-state index is 0.246. The lowest BCUT2D eigenvalue weighted by Crippen LogP contribution is -2.30. The molecule has 0 aliphatic carbocycles. The molecule has 0 aliphatic heterocycles. The van der Waals surface area contributed by atoms with Gasteiger partial charge in [-0.1, -0.05) is 0 Å². The predicted molar refractivity (Wildman–Crippen MR) is 43.6 cm³/mol. The second kappa shape index (κ2) is 2.74. The number of nitrogens with zero attached hydrogens (tertiary/aromatic N) is 2. The van der Waals surface area contributed by atoms with Crippen LogP contribution in [0.3, 0.4) is 0 Å². The van der Waals surface area contributed by atoms with E-state index < -0.39 is 0 Å². The molecular formula is C7H11ClN2O. The molecule has 0 aromatic carbocycles.